The van der Waals surface area contributed by atoms with E-state index in [1.165, 1.54) is 0 Å². The topological polar surface area (TPSA) is 88.9 Å². The van der Waals surface area contributed by atoms with E-state index in [9.17, 15) is 4.79 Å². The number of amides is 1. The third kappa shape index (κ3) is 5.69. The lowest BCUT2D eigenvalue weighted by Crippen LogP contribution is -2.23. The zero-order valence-corrected chi connectivity index (χ0v) is 18.3. The summed E-state index contributed by atoms with van der Waals surface area (Å²) in [6.07, 6.45) is 6.47. The van der Waals surface area contributed by atoms with Crippen LogP contribution >= 0.6 is 0 Å². The number of pyridine rings is 2. The minimum atomic E-state index is -0.197. The van der Waals surface area contributed by atoms with Crippen molar-refractivity contribution in [1.82, 2.24) is 15.3 Å². The number of carbonyl (C=O) groups is 1. The lowest BCUT2D eigenvalue weighted by molar-refractivity contribution is 0.0950. The van der Waals surface area contributed by atoms with Gasteiger partial charge in [0.05, 0.1) is 7.11 Å². The Hall–Kier alpha value is -4.20. The molecule has 0 saturated heterocycles. The van der Waals surface area contributed by atoms with Crippen LogP contribution in [0.3, 0.4) is 0 Å². The Bertz CT molecular complexity index is 1110. The number of methoxy groups -OCH3 is 1. The van der Waals surface area contributed by atoms with Gasteiger partial charge in [0, 0.05) is 55.5 Å². The first-order valence-electron chi connectivity index (χ1n) is 9.91. The van der Waals surface area contributed by atoms with Gasteiger partial charge in [-0.2, -0.15) is 5.10 Å². The molecule has 0 spiro atoms. The molecule has 1 N–H and O–H groups in total. The third-order valence-corrected chi connectivity index (χ3v) is 4.61. The summed E-state index contributed by atoms with van der Waals surface area (Å²) in [6, 6.07) is 12.5. The Kier molecular flexibility index (Phi) is 7.53. The lowest BCUT2D eigenvalue weighted by atomic mass is 10.1. The number of hydrogen-bond acceptors (Lipinski definition) is 7. The van der Waals surface area contributed by atoms with Crippen molar-refractivity contribution in [3.8, 4) is 17.4 Å². The largest absolute Gasteiger partial charge is 0.481 e. The van der Waals surface area contributed by atoms with E-state index in [1.54, 1.807) is 74.2 Å². The van der Waals surface area contributed by atoms with E-state index in [0.29, 0.717) is 35.3 Å². The number of nitrogens with one attached hydrogen (secondary N) is 1. The molecule has 0 radical (unpaired) electrons. The first-order valence-corrected chi connectivity index (χ1v) is 9.91. The van der Waals surface area contributed by atoms with Gasteiger partial charge in [-0.3, -0.25) is 9.80 Å². The normalized spacial score (nSPS) is 10.6. The van der Waals surface area contributed by atoms with Gasteiger partial charge in [-0.05, 0) is 36.8 Å². The number of carbonyl (C=O) groups excluding carboxylic acids is 1. The molecule has 1 aromatic carbocycles. The van der Waals surface area contributed by atoms with Gasteiger partial charge in [-0.15, -0.1) is 0 Å². The van der Waals surface area contributed by atoms with E-state index in [4.69, 9.17) is 9.47 Å². The summed E-state index contributed by atoms with van der Waals surface area (Å²) in [5, 5.41) is 8.70. The Balaban J connectivity index is 1.71. The van der Waals surface area contributed by atoms with Crippen LogP contribution in [0.25, 0.3) is 0 Å². The maximum Gasteiger partial charge on any atom is 0.251 e. The molecule has 3 aromatic rings. The molecule has 164 valence electrons. The summed E-state index contributed by atoms with van der Waals surface area (Å²) in [6.45, 7) is 5.81. The number of allylic oxidation sites excluding steroid dienone is 1. The zero-order chi connectivity index (χ0) is 22.9. The molecule has 8 heteroatoms. The standard InChI is InChI=1S/C24H25N5O3/c1-5-12-28-29(3)22-14-19(11-13-25-22)32-21-8-6-7-20(17(21)2)24(30)27-16-18-9-10-23(31-4)26-15-18/h5-15H,1,16H2,2-4H3,(H,27,30)/b28-12-. The monoisotopic (exact) mass is 431 g/mol. The zero-order valence-electron chi connectivity index (χ0n) is 18.3. The number of ether oxygens (including phenoxy) is 2. The van der Waals surface area contributed by atoms with Crippen molar-refractivity contribution in [1.29, 1.82) is 0 Å². The summed E-state index contributed by atoms with van der Waals surface area (Å²) in [7, 11) is 3.34. The summed E-state index contributed by atoms with van der Waals surface area (Å²) >= 11 is 0. The van der Waals surface area contributed by atoms with Gasteiger partial charge in [0.1, 0.15) is 11.5 Å². The maximum absolute atomic E-state index is 12.8. The van der Waals surface area contributed by atoms with Crippen LogP contribution in [-0.2, 0) is 6.54 Å². The van der Waals surface area contributed by atoms with Crippen LogP contribution in [0.4, 0.5) is 5.82 Å². The van der Waals surface area contributed by atoms with Crippen molar-refractivity contribution in [2.24, 2.45) is 5.10 Å². The number of anilines is 1. The van der Waals surface area contributed by atoms with E-state index >= 15 is 0 Å². The fraction of sp³-hybridized carbons (Fsp3) is 0.167. The third-order valence-electron chi connectivity index (χ3n) is 4.61. The number of hydrazone groups is 1. The number of aromatic nitrogens is 2. The Morgan fingerprint density at radius 1 is 1.25 bits per heavy atom. The Morgan fingerprint density at radius 2 is 2.09 bits per heavy atom. The Morgan fingerprint density at radius 3 is 2.81 bits per heavy atom. The van der Waals surface area contributed by atoms with E-state index in [2.05, 4.69) is 27.0 Å². The van der Waals surface area contributed by atoms with Gasteiger partial charge in [0.25, 0.3) is 5.91 Å². The van der Waals surface area contributed by atoms with Gasteiger partial charge in [-0.25, -0.2) is 9.97 Å². The molecule has 2 aromatic heterocycles. The van der Waals surface area contributed by atoms with Gasteiger partial charge in [0.2, 0.25) is 5.88 Å². The molecular formula is C24H25N5O3. The molecule has 3 rings (SSSR count). The van der Waals surface area contributed by atoms with Crippen LogP contribution in [0.1, 0.15) is 21.5 Å². The van der Waals surface area contributed by atoms with Gasteiger partial charge < -0.3 is 14.8 Å². The second-order valence-electron chi connectivity index (χ2n) is 6.80. The van der Waals surface area contributed by atoms with Crippen molar-refractivity contribution in [3.05, 3.63) is 84.2 Å². The minimum Gasteiger partial charge on any atom is -0.481 e. The average molecular weight is 431 g/mol. The van der Waals surface area contributed by atoms with Crippen molar-refractivity contribution in [2.45, 2.75) is 13.5 Å². The van der Waals surface area contributed by atoms with E-state index < -0.39 is 0 Å². The molecule has 0 unspecified atom stereocenters. The molecule has 0 bridgehead atoms. The SMILES string of the molecule is C=C/C=N\N(C)c1cc(Oc2cccc(C(=O)NCc3ccc(OC)nc3)c2C)ccn1. The van der Waals surface area contributed by atoms with Crippen LogP contribution in [0.15, 0.2) is 72.6 Å². The second kappa shape index (κ2) is 10.7. The van der Waals surface area contributed by atoms with Crippen LogP contribution < -0.4 is 19.8 Å². The number of benzene rings is 1. The highest BCUT2D eigenvalue weighted by molar-refractivity contribution is 5.96. The smallest absolute Gasteiger partial charge is 0.251 e. The molecule has 1 amide bonds. The number of nitrogens with zero attached hydrogens (tertiary/aromatic N) is 4. The van der Waals surface area contributed by atoms with Crippen molar-refractivity contribution in [3.63, 3.8) is 0 Å². The molecule has 0 saturated carbocycles. The van der Waals surface area contributed by atoms with Crippen molar-refractivity contribution in [2.75, 3.05) is 19.2 Å². The molecular weight excluding hydrogens is 406 g/mol. The predicted octanol–water partition coefficient (Wildman–Crippen LogP) is 4.12. The Labute approximate surface area is 187 Å². The molecule has 0 aliphatic carbocycles. The number of hydrogen-bond donors (Lipinski definition) is 1. The van der Waals surface area contributed by atoms with E-state index in [-0.39, 0.29) is 5.91 Å². The van der Waals surface area contributed by atoms with E-state index in [1.807, 2.05) is 19.1 Å². The highest BCUT2D eigenvalue weighted by Crippen LogP contribution is 2.28. The van der Waals surface area contributed by atoms with Crippen molar-refractivity contribution >= 4 is 17.9 Å². The number of rotatable bonds is 9. The summed E-state index contributed by atoms with van der Waals surface area (Å²) in [4.78, 5) is 21.2. The molecule has 32 heavy (non-hydrogen) atoms. The molecule has 2 heterocycles. The van der Waals surface area contributed by atoms with Crippen LogP contribution in [0.5, 0.6) is 17.4 Å². The lowest BCUT2D eigenvalue weighted by Gasteiger charge is -2.15. The highest BCUT2D eigenvalue weighted by atomic mass is 16.5. The quantitative estimate of drug-likeness (QED) is 0.405. The average Bonchev–Trinajstić information content (AvgIpc) is 2.82. The first kappa shape index (κ1) is 22.5. The summed E-state index contributed by atoms with van der Waals surface area (Å²) in [5.41, 5.74) is 2.14. The van der Waals surface area contributed by atoms with Crippen LogP contribution in [-0.4, -0.2) is 36.2 Å². The van der Waals surface area contributed by atoms with Gasteiger partial charge in [-0.1, -0.05) is 18.7 Å². The van der Waals surface area contributed by atoms with Gasteiger partial charge >= 0.3 is 0 Å². The molecule has 0 aliphatic heterocycles. The summed E-state index contributed by atoms with van der Waals surface area (Å²) in [5.74, 6) is 2.11. The van der Waals surface area contributed by atoms with Crippen LogP contribution in [0.2, 0.25) is 0 Å². The molecule has 0 aliphatic rings. The summed E-state index contributed by atoms with van der Waals surface area (Å²) < 4.78 is 11.1. The molecule has 8 nitrogen and oxygen atoms in total. The first-order chi connectivity index (χ1) is 15.5. The highest BCUT2D eigenvalue weighted by Gasteiger charge is 2.14. The second-order valence-corrected chi connectivity index (χ2v) is 6.80. The van der Waals surface area contributed by atoms with Crippen LogP contribution in [0, 0.1) is 6.92 Å². The fourth-order valence-corrected chi connectivity index (χ4v) is 2.86. The van der Waals surface area contributed by atoms with Gasteiger partial charge in [0.15, 0.2) is 5.82 Å². The molecule has 0 atom stereocenters. The van der Waals surface area contributed by atoms with E-state index in [0.717, 1.165) is 11.1 Å². The van der Waals surface area contributed by atoms with Crippen molar-refractivity contribution < 1.29 is 14.3 Å². The minimum absolute atomic E-state index is 0.197. The maximum atomic E-state index is 12.8. The fourth-order valence-electron chi connectivity index (χ4n) is 2.86. The molecule has 0 fully saturated rings. The predicted molar refractivity (Wildman–Crippen MR) is 125 cm³/mol.